The summed E-state index contributed by atoms with van der Waals surface area (Å²) in [6.07, 6.45) is -3.51. The van der Waals surface area contributed by atoms with E-state index in [0.29, 0.717) is 5.69 Å². The van der Waals surface area contributed by atoms with E-state index in [4.69, 9.17) is 0 Å². The van der Waals surface area contributed by atoms with Crippen molar-refractivity contribution in [3.63, 3.8) is 0 Å². The maximum atomic E-state index is 13.1. The lowest BCUT2D eigenvalue weighted by Crippen LogP contribution is -2.18. The minimum Gasteiger partial charge on any atom is -0.307 e. The normalized spacial score (nSPS) is 13.7. The van der Waals surface area contributed by atoms with E-state index >= 15 is 0 Å². The second-order valence-corrected chi connectivity index (χ2v) is 4.20. The van der Waals surface area contributed by atoms with E-state index in [1.54, 1.807) is 12.1 Å². The molecule has 0 aliphatic carbocycles. The molecule has 0 atom stereocenters. The SMILES string of the molecule is O=C1Nc2ccccc2-c2c(C(F)(F)F)ccnc2N1. The molecule has 7 heteroatoms. The highest BCUT2D eigenvalue weighted by molar-refractivity contribution is 6.08. The van der Waals surface area contributed by atoms with Crippen LogP contribution >= 0.6 is 0 Å². The van der Waals surface area contributed by atoms with Crippen molar-refractivity contribution in [1.82, 2.24) is 4.98 Å². The topological polar surface area (TPSA) is 54.0 Å². The maximum absolute atomic E-state index is 13.1. The first kappa shape index (κ1) is 12.5. The molecule has 4 nitrogen and oxygen atoms in total. The number of urea groups is 1. The zero-order chi connectivity index (χ0) is 14.3. The summed E-state index contributed by atoms with van der Waals surface area (Å²) in [4.78, 5) is 15.5. The third-order valence-electron chi connectivity index (χ3n) is 2.93. The van der Waals surface area contributed by atoms with Crippen LogP contribution in [0.2, 0.25) is 0 Å². The molecule has 1 aliphatic rings. The van der Waals surface area contributed by atoms with E-state index in [1.807, 2.05) is 0 Å². The van der Waals surface area contributed by atoms with Gasteiger partial charge < -0.3 is 5.32 Å². The van der Waals surface area contributed by atoms with E-state index in [1.165, 1.54) is 12.1 Å². The predicted octanol–water partition coefficient (Wildman–Crippen LogP) is 3.72. The molecule has 0 bridgehead atoms. The molecule has 0 saturated heterocycles. The number of halogens is 3. The first-order valence-corrected chi connectivity index (χ1v) is 5.70. The lowest BCUT2D eigenvalue weighted by atomic mass is 9.99. The summed E-state index contributed by atoms with van der Waals surface area (Å²) in [6, 6.07) is 6.56. The van der Waals surface area contributed by atoms with Crippen LogP contribution in [0.3, 0.4) is 0 Å². The number of amides is 2. The molecule has 1 aromatic carbocycles. The van der Waals surface area contributed by atoms with Crippen LogP contribution in [-0.2, 0) is 6.18 Å². The van der Waals surface area contributed by atoms with Gasteiger partial charge in [-0.25, -0.2) is 9.78 Å². The number of hydrogen-bond donors (Lipinski definition) is 2. The molecule has 1 aromatic heterocycles. The van der Waals surface area contributed by atoms with Crippen molar-refractivity contribution in [2.24, 2.45) is 0 Å². The van der Waals surface area contributed by atoms with Crippen LogP contribution in [0, 0.1) is 0 Å². The van der Waals surface area contributed by atoms with Gasteiger partial charge in [0.15, 0.2) is 0 Å². The summed E-state index contributed by atoms with van der Waals surface area (Å²) in [5, 5.41) is 4.81. The van der Waals surface area contributed by atoms with Crippen LogP contribution in [0.1, 0.15) is 5.56 Å². The standard InChI is InChI=1S/C13H8F3N3O/c14-13(15,16)8-5-6-17-11-10(8)7-3-1-2-4-9(7)18-12(20)19-11/h1-6H,(H2,17,18,19,20). The summed E-state index contributed by atoms with van der Waals surface area (Å²) in [7, 11) is 0. The Morgan fingerprint density at radius 1 is 1.05 bits per heavy atom. The molecule has 2 N–H and O–H groups in total. The molecule has 2 heterocycles. The van der Waals surface area contributed by atoms with E-state index in [9.17, 15) is 18.0 Å². The molecule has 1 aliphatic heterocycles. The molecule has 20 heavy (non-hydrogen) atoms. The Morgan fingerprint density at radius 2 is 1.80 bits per heavy atom. The number of benzene rings is 1. The number of para-hydroxylation sites is 1. The Balaban J connectivity index is 2.36. The summed E-state index contributed by atoms with van der Waals surface area (Å²) < 4.78 is 39.4. The first-order chi connectivity index (χ1) is 9.47. The van der Waals surface area contributed by atoms with Gasteiger partial charge in [0.1, 0.15) is 5.82 Å². The smallest absolute Gasteiger partial charge is 0.307 e. The molecule has 0 saturated carbocycles. The molecule has 0 spiro atoms. The molecule has 102 valence electrons. The molecular weight excluding hydrogens is 271 g/mol. The molecule has 0 radical (unpaired) electrons. The summed E-state index contributed by atoms with van der Waals surface area (Å²) >= 11 is 0. The molecule has 2 amide bonds. The van der Waals surface area contributed by atoms with Gasteiger partial charge in [-0.2, -0.15) is 13.2 Å². The van der Waals surface area contributed by atoms with Crippen LogP contribution in [0.15, 0.2) is 36.5 Å². The van der Waals surface area contributed by atoms with Gasteiger partial charge in [0.2, 0.25) is 0 Å². The molecule has 3 rings (SSSR count). The second-order valence-electron chi connectivity index (χ2n) is 4.20. The number of fused-ring (bicyclic) bond motifs is 3. The fourth-order valence-electron chi connectivity index (χ4n) is 2.14. The molecule has 0 fully saturated rings. The quantitative estimate of drug-likeness (QED) is 0.772. The van der Waals surface area contributed by atoms with Gasteiger partial charge >= 0.3 is 12.2 Å². The van der Waals surface area contributed by atoms with Gasteiger partial charge in [-0.1, -0.05) is 18.2 Å². The van der Waals surface area contributed by atoms with Gasteiger partial charge in [0.05, 0.1) is 11.3 Å². The largest absolute Gasteiger partial charge is 0.417 e. The highest BCUT2D eigenvalue weighted by Crippen LogP contribution is 2.43. The molecular formula is C13H8F3N3O. The van der Waals surface area contributed by atoms with Gasteiger partial charge in [0, 0.05) is 17.3 Å². The van der Waals surface area contributed by atoms with Crippen LogP contribution < -0.4 is 10.6 Å². The maximum Gasteiger partial charge on any atom is 0.417 e. The number of carbonyl (C=O) groups excluding carboxylic acids is 1. The monoisotopic (exact) mass is 279 g/mol. The number of alkyl halides is 3. The van der Waals surface area contributed by atoms with Crippen molar-refractivity contribution in [2.75, 3.05) is 10.6 Å². The number of carbonyl (C=O) groups is 1. The van der Waals surface area contributed by atoms with Crippen LogP contribution in [0.4, 0.5) is 29.5 Å². The zero-order valence-electron chi connectivity index (χ0n) is 9.95. The van der Waals surface area contributed by atoms with E-state index in [0.717, 1.165) is 12.3 Å². The minimum atomic E-state index is -4.53. The molecule has 0 unspecified atom stereocenters. The second kappa shape index (κ2) is 4.22. The Labute approximate surface area is 111 Å². The van der Waals surface area contributed by atoms with Gasteiger partial charge in [-0.3, -0.25) is 5.32 Å². The highest BCUT2D eigenvalue weighted by atomic mass is 19.4. The van der Waals surface area contributed by atoms with E-state index < -0.39 is 17.8 Å². The van der Waals surface area contributed by atoms with Crippen molar-refractivity contribution < 1.29 is 18.0 Å². The van der Waals surface area contributed by atoms with Crippen molar-refractivity contribution in [2.45, 2.75) is 6.18 Å². The number of rotatable bonds is 0. The third-order valence-corrected chi connectivity index (χ3v) is 2.93. The summed E-state index contributed by atoms with van der Waals surface area (Å²) in [5.41, 5.74) is -0.378. The Bertz CT molecular complexity index is 698. The van der Waals surface area contributed by atoms with Crippen molar-refractivity contribution in [3.8, 4) is 11.1 Å². The fourth-order valence-corrected chi connectivity index (χ4v) is 2.14. The van der Waals surface area contributed by atoms with Gasteiger partial charge in [-0.15, -0.1) is 0 Å². The fraction of sp³-hybridized carbons (Fsp3) is 0.0769. The van der Waals surface area contributed by atoms with Crippen molar-refractivity contribution in [3.05, 3.63) is 42.1 Å². The minimum absolute atomic E-state index is 0.109. The summed E-state index contributed by atoms with van der Waals surface area (Å²) in [6.45, 7) is 0. The number of hydrogen-bond acceptors (Lipinski definition) is 2. The lowest BCUT2D eigenvalue weighted by Gasteiger charge is -2.15. The average molecular weight is 279 g/mol. The Kier molecular flexibility index (Phi) is 2.63. The average Bonchev–Trinajstić information content (AvgIpc) is 2.52. The van der Waals surface area contributed by atoms with Crippen molar-refractivity contribution >= 4 is 17.5 Å². The number of anilines is 2. The number of aromatic nitrogens is 1. The van der Waals surface area contributed by atoms with E-state index in [2.05, 4.69) is 15.6 Å². The Hall–Kier alpha value is -2.57. The lowest BCUT2D eigenvalue weighted by molar-refractivity contribution is -0.137. The third kappa shape index (κ3) is 1.97. The van der Waals surface area contributed by atoms with E-state index in [-0.39, 0.29) is 16.9 Å². The number of pyridine rings is 1. The predicted molar refractivity (Wildman–Crippen MR) is 67.3 cm³/mol. The van der Waals surface area contributed by atoms with Gasteiger partial charge in [0.25, 0.3) is 0 Å². The summed E-state index contributed by atoms with van der Waals surface area (Å²) in [5.74, 6) is -0.109. The number of nitrogens with one attached hydrogen (secondary N) is 2. The van der Waals surface area contributed by atoms with Crippen LogP contribution in [-0.4, -0.2) is 11.0 Å². The Morgan fingerprint density at radius 3 is 2.55 bits per heavy atom. The first-order valence-electron chi connectivity index (χ1n) is 5.70. The zero-order valence-corrected chi connectivity index (χ0v) is 9.95. The van der Waals surface area contributed by atoms with Crippen LogP contribution in [0.25, 0.3) is 11.1 Å². The van der Waals surface area contributed by atoms with Crippen LogP contribution in [0.5, 0.6) is 0 Å². The highest BCUT2D eigenvalue weighted by Gasteiger charge is 2.36. The number of nitrogens with zero attached hydrogens (tertiary/aromatic N) is 1. The molecule has 2 aromatic rings. The van der Waals surface area contributed by atoms with Gasteiger partial charge in [-0.05, 0) is 12.1 Å². The van der Waals surface area contributed by atoms with Crippen molar-refractivity contribution in [1.29, 1.82) is 0 Å².